The number of benzene rings is 2. The van der Waals surface area contributed by atoms with Gasteiger partial charge in [0.15, 0.2) is 5.65 Å². The lowest BCUT2D eigenvalue weighted by Crippen LogP contribution is -2.14. The molecule has 8 nitrogen and oxygen atoms in total. The van der Waals surface area contributed by atoms with E-state index < -0.39 is 23.6 Å². The maximum atomic E-state index is 13.0. The van der Waals surface area contributed by atoms with Crippen LogP contribution in [0.4, 0.5) is 18.9 Å². The number of alkyl halides is 3. The van der Waals surface area contributed by atoms with E-state index in [2.05, 4.69) is 15.4 Å². The number of ether oxygens (including phenoxy) is 2. The second kappa shape index (κ2) is 9.45. The quantitative estimate of drug-likeness (QED) is 0.393. The number of esters is 1. The van der Waals surface area contributed by atoms with E-state index in [9.17, 15) is 22.8 Å². The largest absolute Gasteiger partial charge is 0.495 e. The lowest BCUT2D eigenvalue weighted by Gasteiger charge is -2.14. The first-order valence-corrected chi connectivity index (χ1v) is 10.4. The fourth-order valence-electron chi connectivity index (χ4n) is 3.46. The van der Waals surface area contributed by atoms with Crippen molar-refractivity contribution in [3.63, 3.8) is 0 Å². The molecule has 0 spiro atoms. The van der Waals surface area contributed by atoms with Crippen LogP contribution in [0.2, 0.25) is 0 Å². The summed E-state index contributed by atoms with van der Waals surface area (Å²) in [7, 11) is 1.40. The number of nitrogens with zero attached hydrogens (tertiary/aromatic N) is 3. The summed E-state index contributed by atoms with van der Waals surface area (Å²) in [5.41, 5.74) is 0.742. The molecular weight excluding hydrogens is 465 g/mol. The Morgan fingerprint density at radius 3 is 2.63 bits per heavy atom. The number of carbonyl (C=O) groups is 2. The van der Waals surface area contributed by atoms with E-state index in [0.29, 0.717) is 17.0 Å². The minimum atomic E-state index is -4.58. The van der Waals surface area contributed by atoms with Crippen molar-refractivity contribution in [3.8, 4) is 17.0 Å². The van der Waals surface area contributed by atoms with Crippen molar-refractivity contribution in [1.82, 2.24) is 14.6 Å². The Kier molecular flexibility index (Phi) is 6.41. The van der Waals surface area contributed by atoms with E-state index in [-0.39, 0.29) is 29.1 Å². The lowest BCUT2D eigenvalue weighted by molar-refractivity contribution is -0.137. The number of rotatable bonds is 6. The molecule has 0 radical (unpaired) electrons. The van der Waals surface area contributed by atoms with Gasteiger partial charge in [-0.1, -0.05) is 6.07 Å². The molecule has 0 fully saturated rings. The van der Waals surface area contributed by atoms with Gasteiger partial charge in [0.2, 0.25) is 0 Å². The van der Waals surface area contributed by atoms with Gasteiger partial charge in [0, 0.05) is 17.3 Å². The van der Waals surface area contributed by atoms with E-state index in [4.69, 9.17) is 9.47 Å². The van der Waals surface area contributed by atoms with Crippen LogP contribution in [0.3, 0.4) is 0 Å². The smallest absolute Gasteiger partial charge is 0.416 e. The normalized spacial score (nSPS) is 11.3. The highest BCUT2D eigenvalue weighted by molar-refractivity contribution is 6.05. The van der Waals surface area contributed by atoms with Crippen molar-refractivity contribution in [3.05, 3.63) is 77.6 Å². The molecule has 4 aromatic rings. The first-order chi connectivity index (χ1) is 16.7. The van der Waals surface area contributed by atoms with Crippen LogP contribution in [0, 0.1) is 0 Å². The summed E-state index contributed by atoms with van der Waals surface area (Å²) in [4.78, 5) is 29.2. The number of halogens is 3. The van der Waals surface area contributed by atoms with Crippen LogP contribution in [-0.4, -0.2) is 40.2 Å². The SMILES string of the molecule is CCOC(=O)c1cnn2c(-c3ccc(OC)c(NC(=O)c4cccc(C(F)(F)F)c4)c3)ccnc12. The van der Waals surface area contributed by atoms with E-state index >= 15 is 0 Å². The number of hydrogen-bond donors (Lipinski definition) is 1. The molecule has 0 atom stereocenters. The van der Waals surface area contributed by atoms with Gasteiger partial charge in [-0.2, -0.15) is 18.3 Å². The molecule has 180 valence electrons. The highest BCUT2D eigenvalue weighted by Gasteiger charge is 2.31. The Morgan fingerprint density at radius 1 is 1.11 bits per heavy atom. The Balaban J connectivity index is 1.71. The molecule has 1 N–H and O–H groups in total. The van der Waals surface area contributed by atoms with Crippen molar-refractivity contribution >= 4 is 23.2 Å². The molecule has 1 amide bonds. The minimum Gasteiger partial charge on any atom is -0.495 e. The maximum Gasteiger partial charge on any atom is 0.416 e. The summed E-state index contributed by atoms with van der Waals surface area (Å²) < 4.78 is 50.9. The first-order valence-electron chi connectivity index (χ1n) is 10.4. The predicted molar refractivity (Wildman–Crippen MR) is 120 cm³/mol. The van der Waals surface area contributed by atoms with Gasteiger partial charge in [-0.05, 0) is 49.4 Å². The second-order valence-corrected chi connectivity index (χ2v) is 7.29. The third-order valence-electron chi connectivity index (χ3n) is 5.09. The monoisotopic (exact) mass is 484 g/mol. The van der Waals surface area contributed by atoms with E-state index in [1.807, 2.05) is 0 Å². The van der Waals surface area contributed by atoms with Crippen LogP contribution in [0.1, 0.15) is 33.2 Å². The summed E-state index contributed by atoms with van der Waals surface area (Å²) in [6.45, 7) is 1.89. The van der Waals surface area contributed by atoms with Gasteiger partial charge in [-0.15, -0.1) is 0 Å². The Bertz CT molecular complexity index is 1420. The third kappa shape index (κ3) is 4.79. The van der Waals surface area contributed by atoms with Gasteiger partial charge >= 0.3 is 12.1 Å². The molecule has 0 saturated carbocycles. The molecule has 0 unspecified atom stereocenters. The molecule has 4 rings (SSSR count). The van der Waals surface area contributed by atoms with Crippen molar-refractivity contribution in [2.24, 2.45) is 0 Å². The average molecular weight is 484 g/mol. The topological polar surface area (TPSA) is 94.8 Å². The summed E-state index contributed by atoms with van der Waals surface area (Å²) in [5.74, 6) is -1.00. The number of fused-ring (bicyclic) bond motifs is 1. The van der Waals surface area contributed by atoms with Crippen molar-refractivity contribution in [1.29, 1.82) is 0 Å². The number of methoxy groups -OCH3 is 1. The van der Waals surface area contributed by atoms with Crippen LogP contribution < -0.4 is 10.1 Å². The molecule has 0 aliphatic carbocycles. The van der Waals surface area contributed by atoms with Crippen LogP contribution in [-0.2, 0) is 10.9 Å². The molecule has 11 heteroatoms. The Labute approximate surface area is 197 Å². The number of anilines is 1. The van der Waals surface area contributed by atoms with Crippen LogP contribution in [0.5, 0.6) is 5.75 Å². The van der Waals surface area contributed by atoms with Crippen LogP contribution in [0.25, 0.3) is 16.9 Å². The second-order valence-electron chi connectivity index (χ2n) is 7.29. The summed E-state index contributed by atoms with van der Waals surface area (Å²) in [6.07, 6.45) is -1.73. The zero-order valence-corrected chi connectivity index (χ0v) is 18.6. The standard InChI is InChI=1S/C24H19F3N4O4/c1-3-35-23(33)17-13-29-31-19(9-10-28-21(17)31)14-7-8-20(34-2)18(12-14)30-22(32)15-5-4-6-16(11-15)24(25,26)27/h4-13H,3H2,1-2H3,(H,30,32). The summed E-state index contributed by atoms with van der Waals surface area (Å²) in [5, 5.41) is 6.84. The number of nitrogens with one attached hydrogen (secondary N) is 1. The molecular formula is C24H19F3N4O4. The fraction of sp³-hybridized carbons (Fsp3) is 0.167. The minimum absolute atomic E-state index is 0.162. The summed E-state index contributed by atoms with van der Waals surface area (Å²) in [6, 6.07) is 10.7. The van der Waals surface area contributed by atoms with Crippen molar-refractivity contribution in [2.45, 2.75) is 13.1 Å². The zero-order chi connectivity index (χ0) is 25.2. The molecule has 0 aliphatic heterocycles. The molecule has 2 aromatic carbocycles. The van der Waals surface area contributed by atoms with Gasteiger partial charge in [0.1, 0.15) is 11.3 Å². The zero-order valence-electron chi connectivity index (χ0n) is 18.6. The Hall–Kier alpha value is -4.41. The van der Waals surface area contributed by atoms with Gasteiger partial charge in [-0.25, -0.2) is 14.3 Å². The number of aromatic nitrogens is 3. The highest BCUT2D eigenvalue weighted by Crippen LogP contribution is 2.33. The van der Waals surface area contributed by atoms with Crippen molar-refractivity contribution in [2.75, 3.05) is 19.0 Å². The molecule has 0 aliphatic rings. The molecule has 2 heterocycles. The van der Waals surface area contributed by atoms with E-state index in [1.165, 1.54) is 30.1 Å². The predicted octanol–water partition coefficient (Wildman–Crippen LogP) is 4.85. The van der Waals surface area contributed by atoms with Gasteiger partial charge in [0.05, 0.1) is 36.9 Å². The van der Waals surface area contributed by atoms with E-state index in [0.717, 1.165) is 18.2 Å². The average Bonchev–Trinajstić information content (AvgIpc) is 3.28. The van der Waals surface area contributed by atoms with Gasteiger partial charge < -0.3 is 14.8 Å². The van der Waals surface area contributed by atoms with Gasteiger partial charge in [-0.3, -0.25) is 4.79 Å². The Morgan fingerprint density at radius 2 is 1.91 bits per heavy atom. The third-order valence-corrected chi connectivity index (χ3v) is 5.09. The first kappa shape index (κ1) is 23.7. The number of hydrogen-bond acceptors (Lipinski definition) is 6. The fourth-order valence-corrected chi connectivity index (χ4v) is 3.46. The molecule has 0 saturated heterocycles. The van der Waals surface area contributed by atoms with Gasteiger partial charge in [0.25, 0.3) is 5.91 Å². The molecule has 2 aromatic heterocycles. The maximum absolute atomic E-state index is 13.0. The van der Waals surface area contributed by atoms with E-state index in [1.54, 1.807) is 31.2 Å². The summed E-state index contributed by atoms with van der Waals surface area (Å²) >= 11 is 0. The number of amides is 1. The molecule has 0 bridgehead atoms. The highest BCUT2D eigenvalue weighted by atomic mass is 19.4. The van der Waals surface area contributed by atoms with Crippen LogP contribution >= 0.6 is 0 Å². The van der Waals surface area contributed by atoms with Crippen molar-refractivity contribution < 1.29 is 32.2 Å². The molecule has 35 heavy (non-hydrogen) atoms. The lowest BCUT2D eigenvalue weighted by atomic mass is 10.1. The number of carbonyl (C=O) groups excluding carboxylic acids is 2. The van der Waals surface area contributed by atoms with Crippen LogP contribution in [0.15, 0.2) is 60.9 Å².